The Morgan fingerprint density at radius 1 is 0.971 bits per heavy atom. The largest absolute Gasteiger partial charge is 0.416 e. The maximum absolute atomic E-state index is 13.3. The second-order valence-electron chi connectivity index (χ2n) is 7.06. The summed E-state index contributed by atoms with van der Waals surface area (Å²) in [7, 11) is -4.33. The molecule has 35 heavy (non-hydrogen) atoms. The van der Waals surface area contributed by atoms with E-state index in [1.807, 2.05) is 6.07 Å². The maximum Gasteiger partial charge on any atom is 0.416 e. The fourth-order valence-corrected chi connectivity index (χ4v) is 4.75. The van der Waals surface area contributed by atoms with E-state index in [2.05, 4.69) is 19.4 Å². The molecule has 0 aliphatic rings. The molecule has 0 unspecified atom stereocenters. The van der Waals surface area contributed by atoms with Crippen molar-refractivity contribution in [1.82, 2.24) is 9.36 Å². The van der Waals surface area contributed by atoms with E-state index in [1.165, 1.54) is 24.3 Å². The average molecular weight is 539 g/mol. The highest BCUT2D eigenvalue weighted by molar-refractivity contribution is 7.92. The van der Waals surface area contributed by atoms with Crippen molar-refractivity contribution in [3.05, 3.63) is 88.9 Å². The Labute approximate surface area is 206 Å². The molecule has 0 bridgehead atoms. The first-order valence-electron chi connectivity index (χ1n) is 9.73. The van der Waals surface area contributed by atoms with Crippen LogP contribution in [0.25, 0.3) is 11.4 Å². The van der Waals surface area contributed by atoms with Crippen LogP contribution in [-0.2, 0) is 16.2 Å². The predicted octanol–water partition coefficient (Wildman–Crippen LogP) is 5.93. The molecule has 4 rings (SSSR count). The highest BCUT2D eigenvalue weighted by Gasteiger charge is 2.32. The minimum absolute atomic E-state index is 0.0836. The molecule has 180 valence electrons. The van der Waals surface area contributed by atoms with Crippen LogP contribution in [0.4, 0.5) is 24.0 Å². The van der Waals surface area contributed by atoms with Crippen molar-refractivity contribution in [3.63, 3.8) is 0 Å². The third-order valence-corrected chi connectivity index (χ3v) is 6.90. The zero-order chi connectivity index (χ0) is 25.2. The zero-order valence-electron chi connectivity index (χ0n) is 17.4. The van der Waals surface area contributed by atoms with Crippen molar-refractivity contribution >= 4 is 49.9 Å². The predicted molar refractivity (Wildman–Crippen MR) is 127 cm³/mol. The monoisotopic (exact) mass is 538 g/mol. The van der Waals surface area contributed by atoms with Crippen LogP contribution in [0.1, 0.15) is 15.9 Å². The maximum atomic E-state index is 13.3. The SMILES string of the molecule is O=C(Nc1nc(-c2ccccc2)ns1)c1ccc(C(F)(F)F)cc1NS(=O)(=O)c1ccc(Cl)cc1. The molecular weight excluding hydrogens is 525 g/mol. The number of alkyl halides is 3. The first kappa shape index (κ1) is 24.6. The fourth-order valence-electron chi connectivity index (χ4n) is 2.96. The Kier molecular flexibility index (Phi) is 6.79. The molecule has 1 heterocycles. The van der Waals surface area contributed by atoms with Gasteiger partial charge in [0, 0.05) is 22.1 Å². The molecule has 0 saturated carbocycles. The second-order valence-corrected chi connectivity index (χ2v) is 9.93. The van der Waals surface area contributed by atoms with Gasteiger partial charge in [0.1, 0.15) is 0 Å². The van der Waals surface area contributed by atoms with E-state index in [4.69, 9.17) is 11.6 Å². The lowest BCUT2D eigenvalue weighted by Gasteiger charge is -2.15. The van der Waals surface area contributed by atoms with Gasteiger partial charge in [-0.1, -0.05) is 41.9 Å². The highest BCUT2D eigenvalue weighted by atomic mass is 35.5. The number of hydrogen-bond donors (Lipinski definition) is 2. The lowest BCUT2D eigenvalue weighted by Crippen LogP contribution is -2.20. The van der Waals surface area contributed by atoms with Gasteiger partial charge in [0.25, 0.3) is 15.9 Å². The van der Waals surface area contributed by atoms with Gasteiger partial charge in [-0.15, -0.1) is 0 Å². The summed E-state index contributed by atoms with van der Waals surface area (Å²) in [6.07, 6.45) is -4.76. The summed E-state index contributed by atoms with van der Waals surface area (Å²) in [6, 6.07) is 16.1. The number of sulfonamides is 1. The van der Waals surface area contributed by atoms with E-state index < -0.39 is 33.4 Å². The standard InChI is InChI=1S/C22H14ClF3N4O3S2/c23-15-7-9-16(10-8-15)35(32,33)30-18-12-14(22(24,25)26)6-11-17(18)20(31)28-21-27-19(29-34-21)13-4-2-1-3-5-13/h1-12,30H,(H,27,28,29,31). The summed E-state index contributed by atoms with van der Waals surface area (Å²) >= 11 is 6.64. The lowest BCUT2D eigenvalue weighted by atomic mass is 10.1. The van der Waals surface area contributed by atoms with Gasteiger partial charge >= 0.3 is 6.18 Å². The summed E-state index contributed by atoms with van der Waals surface area (Å²) in [5.41, 5.74) is -1.33. The summed E-state index contributed by atoms with van der Waals surface area (Å²) < 4.78 is 71.7. The molecule has 13 heteroatoms. The number of benzene rings is 3. The van der Waals surface area contributed by atoms with Crippen molar-refractivity contribution < 1.29 is 26.4 Å². The van der Waals surface area contributed by atoms with Gasteiger partial charge in [-0.25, -0.2) is 8.42 Å². The third-order valence-electron chi connectivity index (χ3n) is 4.64. The quantitative estimate of drug-likeness (QED) is 0.317. The average Bonchev–Trinajstić information content (AvgIpc) is 3.27. The molecule has 0 radical (unpaired) electrons. The van der Waals surface area contributed by atoms with Crippen LogP contribution in [0.15, 0.2) is 77.7 Å². The Morgan fingerprint density at radius 3 is 2.31 bits per heavy atom. The minimum atomic E-state index is -4.76. The Morgan fingerprint density at radius 2 is 1.66 bits per heavy atom. The summed E-state index contributed by atoms with van der Waals surface area (Å²) in [5, 5.41) is 2.81. The smallest absolute Gasteiger partial charge is 0.297 e. The molecule has 0 aliphatic carbocycles. The zero-order valence-corrected chi connectivity index (χ0v) is 19.8. The summed E-state index contributed by atoms with van der Waals surface area (Å²) in [4.78, 5) is 16.9. The van der Waals surface area contributed by atoms with Crippen LogP contribution in [0.3, 0.4) is 0 Å². The van der Waals surface area contributed by atoms with Crippen molar-refractivity contribution in [3.8, 4) is 11.4 Å². The van der Waals surface area contributed by atoms with Crippen LogP contribution in [0.2, 0.25) is 5.02 Å². The molecule has 4 aromatic rings. The number of halogens is 4. The molecule has 2 N–H and O–H groups in total. The normalized spacial score (nSPS) is 11.8. The Hall–Kier alpha value is -3.48. The number of hydrogen-bond acceptors (Lipinski definition) is 6. The summed E-state index contributed by atoms with van der Waals surface area (Å²) in [6.45, 7) is 0. The van der Waals surface area contributed by atoms with Gasteiger partial charge in [0.15, 0.2) is 5.82 Å². The summed E-state index contributed by atoms with van der Waals surface area (Å²) in [5.74, 6) is -0.523. The van der Waals surface area contributed by atoms with Gasteiger partial charge in [0.2, 0.25) is 5.13 Å². The molecule has 0 saturated heterocycles. The van der Waals surface area contributed by atoms with Crippen molar-refractivity contribution in [2.24, 2.45) is 0 Å². The number of amides is 1. The molecular formula is C22H14ClF3N4O3S2. The Bertz CT molecular complexity index is 1480. The van der Waals surface area contributed by atoms with E-state index >= 15 is 0 Å². The Balaban J connectivity index is 1.66. The number of carbonyl (C=O) groups is 1. The number of aromatic nitrogens is 2. The first-order chi connectivity index (χ1) is 16.5. The van der Waals surface area contributed by atoms with Crippen molar-refractivity contribution in [1.29, 1.82) is 0 Å². The van der Waals surface area contributed by atoms with Gasteiger partial charge in [-0.2, -0.15) is 22.5 Å². The van der Waals surface area contributed by atoms with Crippen LogP contribution >= 0.6 is 23.1 Å². The number of carbonyl (C=O) groups excluding carboxylic acids is 1. The van der Waals surface area contributed by atoms with Crippen LogP contribution in [0.5, 0.6) is 0 Å². The molecule has 1 aromatic heterocycles. The molecule has 0 fully saturated rings. The van der Waals surface area contributed by atoms with Gasteiger partial charge < -0.3 is 0 Å². The van der Waals surface area contributed by atoms with Gasteiger partial charge in [0.05, 0.1) is 21.7 Å². The number of anilines is 2. The van der Waals surface area contributed by atoms with E-state index in [-0.39, 0.29) is 20.6 Å². The van der Waals surface area contributed by atoms with E-state index in [9.17, 15) is 26.4 Å². The molecule has 3 aromatic carbocycles. The molecule has 0 atom stereocenters. The lowest BCUT2D eigenvalue weighted by molar-refractivity contribution is -0.137. The topological polar surface area (TPSA) is 101 Å². The third kappa shape index (κ3) is 5.78. The molecule has 1 amide bonds. The number of rotatable bonds is 6. The second kappa shape index (κ2) is 9.64. The number of nitrogens with zero attached hydrogens (tertiary/aromatic N) is 2. The molecule has 0 aliphatic heterocycles. The van der Waals surface area contributed by atoms with Crippen molar-refractivity contribution in [2.45, 2.75) is 11.1 Å². The minimum Gasteiger partial charge on any atom is -0.297 e. The van der Waals surface area contributed by atoms with Gasteiger partial charge in [-0.3, -0.25) is 14.8 Å². The molecule has 7 nitrogen and oxygen atoms in total. The van der Waals surface area contributed by atoms with E-state index in [0.717, 1.165) is 17.6 Å². The van der Waals surface area contributed by atoms with Crippen LogP contribution < -0.4 is 10.0 Å². The molecule has 0 spiro atoms. The van der Waals surface area contributed by atoms with E-state index in [1.54, 1.807) is 24.3 Å². The van der Waals surface area contributed by atoms with Gasteiger partial charge in [-0.05, 0) is 42.5 Å². The van der Waals surface area contributed by atoms with Crippen LogP contribution in [0, 0.1) is 0 Å². The van der Waals surface area contributed by atoms with E-state index in [0.29, 0.717) is 23.5 Å². The van der Waals surface area contributed by atoms with Crippen molar-refractivity contribution in [2.75, 3.05) is 10.0 Å². The fraction of sp³-hybridized carbons (Fsp3) is 0.0455. The van der Waals surface area contributed by atoms with Crippen LogP contribution in [-0.4, -0.2) is 23.7 Å². The first-order valence-corrected chi connectivity index (χ1v) is 12.4. The number of nitrogens with one attached hydrogen (secondary N) is 2. The highest BCUT2D eigenvalue weighted by Crippen LogP contribution is 2.33.